The number of rotatable bonds is 6. The maximum Gasteiger partial charge on any atom is 0.261 e. The number of aryl methyl sites for hydroxylation is 2. The largest absolute Gasteiger partial charge is 0.497 e. The third kappa shape index (κ3) is 3.91. The molecule has 1 aliphatic rings. The van der Waals surface area contributed by atoms with Gasteiger partial charge < -0.3 is 10.1 Å². The van der Waals surface area contributed by atoms with Gasteiger partial charge in [0.2, 0.25) is 0 Å². The van der Waals surface area contributed by atoms with Gasteiger partial charge in [0.15, 0.2) is 0 Å². The van der Waals surface area contributed by atoms with Gasteiger partial charge >= 0.3 is 0 Å². The van der Waals surface area contributed by atoms with Crippen LogP contribution in [0.1, 0.15) is 21.5 Å². The number of carbonyl (C=O) groups excluding carboxylic acids is 1. The fourth-order valence-corrected chi connectivity index (χ4v) is 5.35. The first kappa shape index (κ1) is 21.0. The molecule has 1 amide bonds. The fraction of sp³-hybridized carbons (Fsp3) is 0.115. The van der Waals surface area contributed by atoms with Crippen LogP contribution in [-0.2, 0) is 22.9 Å². The fourth-order valence-electron chi connectivity index (χ4n) is 4.27. The van der Waals surface area contributed by atoms with Crippen molar-refractivity contribution in [2.24, 2.45) is 0 Å². The van der Waals surface area contributed by atoms with Crippen molar-refractivity contribution in [1.29, 1.82) is 0 Å². The van der Waals surface area contributed by atoms with Gasteiger partial charge in [0.05, 0.1) is 23.3 Å². The van der Waals surface area contributed by atoms with Gasteiger partial charge in [-0.3, -0.25) is 9.52 Å². The summed E-state index contributed by atoms with van der Waals surface area (Å²) in [4.78, 5) is 13.3. The van der Waals surface area contributed by atoms with E-state index in [0.29, 0.717) is 11.4 Å². The van der Waals surface area contributed by atoms with Crippen LogP contribution >= 0.6 is 0 Å². The number of anilines is 2. The molecule has 0 aliphatic heterocycles. The molecule has 0 spiro atoms. The topological polar surface area (TPSA) is 84.5 Å². The molecular formula is C26H22N2O4S. The van der Waals surface area contributed by atoms with Gasteiger partial charge in [0, 0.05) is 11.1 Å². The highest BCUT2D eigenvalue weighted by atomic mass is 32.2. The first-order valence-electron chi connectivity index (χ1n) is 10.6. The van der Waals surface area contributed by atoms with Gasteiger partial charge in [-0.15, -0.1) is 0 Å². The Labute approximate surface area is 192 Å². The Morgan fingerprint density at radius 1 is 0.818 bits per heavy atom. The van der Waals surface area contributed by atoms with Crippen molar-refractivity contribution in [2.75, 3.05) is 17.1 Å². The molecule has 0 saturated carbocycles. The quantitative estimate of drug-likeness (QED) is 0.426. The highest BCUT2D eigenvalue weighted by molar-refractivity contribution is 7.92. The molecule has 0 radical (unpaired) electrons. The predicted molar refractivity (Wildman–Crippen MR) is 130 cm³/mol. The molecule has 4 aromatic carbocycles. The summed E-state index contributed by atoms with van der Waals surface area (Å²) in [6.45, 7) is 0. The van der Waals surface area contributed by atoms with Crippen molar-refractivity contribution in [2.45, 2.75) is 17.7 Å². The number of benzene rings is 4. The first-order valence-corrected chi connectivity index (χ1v) is 12.1. The highest BCUT2D eigenvalue weighted by Crippen LogP contribution is 2.35. The zero-order chi connectivity index (χ0) is 23.0. The monoisotopic (exact) mass is 458 g/mol. The van der Waals surface area contributed by atoms with Crippen LogP contribution < -0.4 is 14.8 Å². The number of nitrogens with one attached hydrogen (secondary N) is 2. The zero-order valence-corrected chi connectivity index (χ0v) is 18.8. The lowest BCUT2D eigenvalue weighted by molar-refractivity contribution is 0.102. The minimum atomic E-state index is -3.89. The summed E-state index contributed by atoms with van der Waals surface area (Å²) >= 11 is 0. The number of methoxy groups -OCH3 is 1. The predicted octanol–water partition coefficient (Wildman–Crippen LogP) is 5.00. The van der Waals surface area contributed by atoms with E-state index in [1.165, 1.54) is 35.8 Å². The van der Waals surface area contributed by atoms with Crippen LogP contribution in [0.2, 0.25) is 0 Å². The van der Waals surface area contributed by atoms with E-state index in [1.807, 2.05) is 24.3 Å². The van der Waals surface area contributed by atoms with Crippen LogP contribution in [0.5, 0.6) is 5.75 Å². The molecular weight excluding hydrogens is 436 g/mol. The molecule has 6 nitrogen and oxygen atoms in total. The van der Waals surface area contributed by atoms with Crippen LogP contribution in [0, 0.1) is 0 Å². The molecule has 0 fully saturated rings. The number of ether oxygens (including phenoxy) is 1. The molecule has 166 valence electrons. The van der Waals surface area contributed by atoms with Gasteiger partial charge in [-0.25, -0.2) is 8.42 Å². The second-order valence-electron chi connectivity index (χ2n) is 7.89. The lowest BCUT2D eigenvalue weighted by Gasteiger charge is -2.14. The first-order chi connectivity index (χ1) is 16.0. The number of hydrogen-bond donors (Lipinski definition) is 2. The minimum absolute atomic E-state index is 0.0750. The van der Waals surface area contributed by atoms with E-state index >= 15 is 0 Å². The molecule has 0 aromatic heterocycles. The second kappa shape index (κ2) is 8.26. The molecule has 33 heavy (non-hydrogen) atoms. The van der Waals surface area contributed by atoms with E-state index in [2.05, 4.69) is 16.1 Å². The average Bonchev–Trinajstić information content (AvgIpc) is 3.25. The lowest BCUT2D eigenvalue weighted by atomic mass is 10.0. The normalized spacial score (nSPS) is 12.5. The number of sulfonamides is 1. The van der Waals surface area contributed by atoms with Crippen LogP contribution in [0.25, 0.3) is 10.8 Å². The molecule has 2 N–H and O–H groups in total. The van der Waals surface area contributed by atoms with Crippen molar-refractivity contribution in [1.82, 2.24) is 0 Å². The summed E-state index contributed by atoms with van der Waals surface area (Å²) in [5.41, 5.74) is 3.71. The molecule has 0 unspecified atom stereocenters. The van der Waals surface area contributed by atoms with Gasteiger partial charge in [-0.2, -0.15) is 0 Å². The molecule has 4 aromatic rings. The smallest absolute Gasteiger partial charge is 0.261 e. The van der Waals surface area contributed by atoms with E-state index in [4.69, 9.17) is 4.74 Å². The molecule has 7 heteroatoms. The SMILES string of the molecule is COc1ccc(S(=O)(=O)Nc2ccccc2C(=O)Nc2ccc3c4c(cccc24)CC3)cc1. The van der Waals surface area contributed by atoms with E-state index in [1.54, 1.807) is 36.4 Å². The summed E-state index contributed by atoms with van der Waals surface area (Å²) in [6, 6.07) is 22.7. The number of amides is 1. The Morgan fingerprint density at radius 3 is 2.30 bits per heavy atom. The molecule has 1 aliphatic carbocycles. The van der Waals surface area contributed by atoms with Crippen molar-refractivity contribution in [3.05, 3.63) is 95.6 Å². The summed E-state index contributed by atoms with van der Waals surface area (Å²) in [5.74, 6) is 0.167. The van der Waals surface area contributed by atoms with Crippen molar-refractivity contribution < 1.29 is 17.9 Å². The average molecular weight is 459 g/mol. The maximum atomic E-state index is 13.2. The standard InChI is InChI=1S/C26H22N2O4S/c1-32-19-12-14-20(15-13-19)33(30,31)28-24-8-3-2-6-22(24)26(29)27-23-16-11-18-10-9-17-5-4-7-21(23)25(17)18/h2-8,11-16,28H,9-10H2,1H3,(H,27,29). The van der Waals surface area contributed by atoms with Gasteiger partial charge in [0.1, 0.15) is 5.75 Å². The van der Waals surface area contributed by atoms with Crippen molar-refractivity contribution in [3.63, 3.8) is 0 Å². The van der Waals surface area contributed by atoms with Gasteiger partial charge in [0.25, 0.3) is 15.9 Å². The second-order valence-corrected chi connectivity index (χ2v) is 9.58. The van der Waals surface area contributed by atoms with Gasteiger partial charge in [-0.1, -0.05) is 36.4 Å². The number of para-hydroxylation sites is 1. The maximum absolute atomic E-state index is 13.2. The molecule has 0 saturated heterocycles. The summed E-state index contributed by atoms with van der Waals surface area (Å²) in [7, 11) is -2.38. The number of carbonyl (C=O) groups is 1. The van der Waals surface area contributed by atoms with E-state index < -0.39 is 10.0 Å². The molecule has 5 rings (SSSR count). The minimum Gasteiger partial charge on any atom is -0.497 e. The van der Waals surface area contributed by atoms with Crippen LogP contribution in [0.4, 0.5) is 11.4 Å². The molecule has 0 bridgehead atoms. The zero-order valence-electron chi connectivity index (χ0n) is 18.0. The Morgan fingerprint density at radius 2 is 1.55 bits per heavy atom. The van der Waals surface area contributed by atoms with Crippen molar-refractivity contribution >= 4 is 38.1 Å². The summed E-state index contributed by atoms with van der Waals surface area (Å²) < 4.78 is 33.4. The van der Waals surface area contributed by atoms with E-state index in [0.717, 1.165) is 18.2 Å². The molecule has 0 heterocycles. The van der Waals surface area contributed by atoms with E-state index in [9.17, 15) is 13.2 Å². The Hall–Kier alpha value is -3.84. The lowest BCUT2D eigenvalue weighted by Crippen LogP contribution is -2.18. The third-order valence-electron chi connectivity index (χ3n) is 5.91. The van der Waals surface area contributed by atoms with Crippen LogP contribution in [-0.4, -0.2) is 21.4 Å². The highest BCUT2D eigenvalue weighted by Gasteiger charge is 2.21. The summed E-state index contributed by atoms with van der Waals surface area (Å²) in [5, 5.41) is 5.16. The third-order valence-corrected chi connectivity index (χ3v) is 7.29. The van der Waals surface area contributed by atoms with Crippen molar-refractivity contribution in [3.8, 4) is 5.75 Å². The van der Waals surface area contributed by atoms with Gasteiger partial charge in [-0.05, 0) is 71.8 Å². The molecule has 0 atom stereocenters. The Balaban J connectivity index is 1.45. The van der Waals surface area contributed by atoms with E-state index in [-0.39, 0.29) is 22.1 Å². The number of hydrogen-bond acceptors (Lipinski definition) is 4. The Bertz CT molecular complexity index is 1470. The summed E-state index contributed by atoms with van der Waals surface area (Å²) in [6.07, 6.45) is 2.00. The Kier molecular flexibility index (Phi) is 5.26. The van der Waals surface area contributed by atoms with Crippen LogP contribution in [0.3, 0.4) is 0 Å². The van der Waals surface area contributed by atoms with Crippen LogP contribution in [0.15, 0.2) is 83.8 Å².